The molecule has 1 aromatic heterocycles. The van der Waals surface area contributed by atoms with Crippen LogP contribution in [0.3, 0.4) is 0 Å². The summed E-state index contributed by atoms with van der Waals surface area (Å²) in [6.45, 7) is 6.31. The lowest BCUT2D eigenvalue weighted by molar-refractivity contribution is -0.148. The molecule has 0 aromatic carbocycles. The van der Waals surface area contributed by atoms with Gasteiger partial charge in [-0.1, -0.05) is 13.8 Å². The summed E-state index contributed by atoms with van der Waals surface area (Å²) in [5.74, 6) is -1.07. The van der Waals surface area contributed by atoms with Gasteiger partial charge < -0.3 is 10.0 Å². The Balaban J connectivity index is 2.31. The maximum absolute atomic E-state index is 12.5. The number of piperidine rings is 1. The number of thiophene rings is 1. The monoisotopic (exact) mass is 281 g/mol. The first-order valence-electron chi connectivity index (χ1n) is 6.43. The van der Waals surface area contributed by atoms with Crippen molar-refractivity contribution in [1.82, 2.24) is 4.90 Å². The third-order valence-electron chi connectivity index (χ3n) is 3.72. The Morgan fingerprint density at radius 2 is 2.11 bits per heavy atom. The van der Waals surface area contributed by atoms with Gasteiger partial charge in [-0.05, 0) is 37.3 Å². The summed E-state index contributed by atoms with van der Waals surface area (Å²) < 4.78 is 0. The number of carboxylic acid groups (broad SMARTS) is 1. The maximum Gasteiger partial charge on any atom is 0.326 e. The minimum Gasteiger partial charge on any atom is -0.480 e. The van der Waals surface area contributed by atoms with Gasteiger partial charge in [0.15, 0.2) is 0 Å². The fourth-order valence-electron chi connectivity index (χ4n) is 2.77. The normalized spacial score (nSPS) is 22.3. The standard InChI is InChI=1S/C14H19NO3S/c1-9-5-6-10(19-9)12(16)15-8-4-7-14(2,3)11(15)13(17)18/h5-6,11H,4,7-8H2,1-3H3,(H,17,18). The Kier molecular flexibility index (Phi) is 3.67. The summed E-state index contributed by atoms with van der Waals surface area (Å²) in [6, 6.07) is 2.93. The van der Waals surface area contributed by atoms with Crippen LogP contribution in [0.2, 0.25) is 0 Å². The van der Waals surface area contributed by atoms with Crippen LogP contribution in [-0.4, -0.2) is 34.5 Å². The molecule has 4 nitrogen and oxygen atoms in total. The number of carboxylic acids is 1. The molecule has 104 valence electrons. The van der Waals surface area contributed by atoms with Crippen molar-refractivity contribution in [3.8, 4) is 0 Å². The first-order valence-corrected chi connectivity index (χ1v) is 7.25. The molecule has 2 heterocycles. The average Bonchev–Trinajstić information content (AvgIpc) is 2.72. The zero-order valence-corrected chi connectivity index (χ0v) is 12.3. The summed E-state index contributed by atoms with van der Waals surface area (Å²) in [5.41, 5.74) is -0.383. The lowest BCUT2D eigenvalue weighted by Gasteiger charge is -2.43. The van der Waals surface area contributed by atoms with Crippen molar-refractivity contribution in [2.75, 3.05) is 6.54 Å². The predicted octanol–water partition coefficient (Wildman–Crippen LogP) is 2.77. The molecule has 1 aromatic rings. The number of rotatable bonds is 2. The van der Waals surface area contributed by atoms with Crippen LogP contribution < -0.4 is 0 Å². The van der Waals surface area contributed by atoms with E-state index in [1.165, 1.54) is 16.2 Å². The molecule has 1 saturated heterocycles. The quantitative estimate of drug-likeness (QED) is 0.907. The molecule has 0 saturated carbocycles. The van der Waals surface area contributed by atoms with Crippen molar-refractivity contribution in [3.63, 3.8) is 0 Å². The molecule has 1 aliphatic rings. The van der Waals surface area contributed by atoms with E-state index < -0.39 is 12.0 Å². The molecule has 0 bridgehead atoms. The van der Waals surface area contributed by atoms with E-state index in [1.54, 1.807) is 6.07 Å². The molecule has 0 aliphatic carbocycles. The van der Waals surface area contributed by atoms with Crippen molar-refractivity contribution in [1.29, 1.82) is 0 Å². The predicted molar refractivity (Wildman–Crippen MR) is 74.5 cm³/mol. The van der Waals surface area contributed by atoms with Gasteiger partial charge >= 0.3 is 5.97 Å². The van der Waals surface area contributed by atoms with Crippen LogP contribution in [0.5, 0.6) is 0 Å². The van der Waals surface area contributed by atoms with Crippen molar-refractivity contribution in [2.24, 2.45) is 5.41 Å². The molecule has 0 radical (unpaired) electrons. The molecule has 1 N–H and O–H groups in total. The highest BCUT2D eigenvalue weighted by atomic mass is 32.1. The first kappa shape index (κ1) is 14.1. The lowest BCUT2D eigenvalue weighted by Crippen LogP contribution is -2.56. The second-order valence-corrected chi connectivity index (χ2v) is 7.03. The van der Waals surface area contributed by atoms with E-state index in [4.69, 9.17) is 0 Å². The summed E-state index contributed by atoms with van der Waals surface area (Å²) in [4.78, 5) is 27.2. The van der Waals surface area contributed by atoms with Gasteiger partial charge in [-0.3, -0.25) is 4.79 Å². The Labute approximate surface area is 117 Å². The number of amides is 1. The number of likely N-dealkylation sites (tertiary alicyclic amines) is 1. The summed E-state index contributed by atoms with van der Waals surface area (Å²) >= 11 is 1.42. The van der Waals surface area contributed by atoms with Crippen LogP contribution in [0.25, 0.3) is 0 Å². The topological polar surface area (TPSA) is 57.6 Å². The van der Waals surface area contributed by atoms with Gasteiger partial charge in [0, 0.05) is 11.4 Å². The van der Waals surface area contributed by atoms with E-state index in [1.807, 2.05) is 26.8 Å². The number of carbonyl (C=O) groups is 2. The van der Waals surface area contributed by atoms with E-state index in [9.17, 15) is 14.7 Å². The minimum absolute atomic E-state index is 0.154. The minimum atomic E-state index is -0.911. The van der Waals surface area contributed by atoms with Crippen molar-refractivity contribution < 1.29 is 14.7 Å². The van der Waals surface area contributed by atoms with E-state index in [0.29, 0.717) is 11.4 Å². The van der Waals surface area contributed by atoms with Crippen LogP contribution in [0.4, 0.5) is 0 Å². The van der Waals surface area contributed by atoms with Crippen LogP contribution in [0.1, 0.15) is 41.2 Å². The van der Waals surface area contributed by atoms with Gasteiger partial charge in [0.05, 0.1) is 4.88 Å². The van der Waals surface area contributed by atoms with Gasteiger partial charge in [0.1, 0.15) is 6.04 Å². The van der Waals surface area contributed by atoms with Crippen LogP contribution in [-0.2, 0) is 4.79 Å². The molecule has 1 amide bonds. The van der Waals surface area contributed by atoms with Crippen LogP contribution in [0, 0.1) is 12.3 Å². The number of nitrogens with zero attached hydrogens (tertiary/aromatic N) is 1. The summed E-state index contributed by atoms with van der Waals surface area (Å²) in [7, 11) is 0. The zero-order chi connectivity index (χ0) is 14.2. The number of aliphatic carboxylic acids is 1. The molecule has 1 aliphatic heterocycles. The van der Waals surface area contributed by atoms with Gasteiger partial charge in [-0.2, -0.15) is 0 Å². The maximum atomic E-state index is 12.5. The van der Waals surface area contributed by atoms with Gasteiger partial charge in [0.2, 0.25) is 0 Å². The zero-order valence-electron chi connectivity index (χ0n) is 11.5. The summed E-state index contributed by atoms with van der Waals surface area (Å²) in [5, 5.41) is 9.45. The highest BCUT2D eigenvalue weighted by Crippen LogP contribution is 2.36. The Hall–Kier alpha value is -1.36. The smallest absolute Gasteiger partial charge is 0.326 e. The van der Waals surface area contributed by atoms with E-state index >= 15 is 0 Å². The van der Waals surface area contributed by atoms with E-state index in [-0.39, 0.29) is 11.3 Å². The molecule has 19 heavy (non-hydrogen) atoms. The number of hydrogen-bond acceptors (Lipinski definition) is 3. The fraction of sp³-hybridized carbons (Fsp3) is 0.571. The van der Waals surface area contributed by atoms with Crippen molar-refractivity contribution in [3.05, 3.63) is 21.9 Å². The molecule has 1 fully saturated rings. The molecule has 1 unspecified atom stereocenters. The fourth-order valence-corrected chi connectivity index (χ4v) is 3.59. The first-order chi connectivity index (χ1) is 8.83. The summed E-state index contributed by atoms with van der Waals surface area (Å²) in [6.07, 6.45) is 1.68. The third kappa shape index (κ3) is 2.66. The van der Waals surface area contributed by atoms with Gasteiger partial charge in [0.25, 0.3) is 5.91 Å². The Bertz CT molecular complexity index is 507. The van der Waals surface area contributed by atoms with Crippen molar-refractivity contribution >= 4 is 23.2 Å². The Morgan fingerprint density at radius 3 is 2.63 bits per heavy atom. The molecular formula is C14H19NO3S. The average molecular weight is 281 g/mol. The van der Waals surface area contributed by atoms with Gasteiger partial charge in [-0.15, -0.1) is 11.3 Å². The molecular weight excluding hydrogens is 262 g/mol. The largest absolute Gasteiger partial charge is 0.480 e. The van der Waals surface area contributed by atoms with Crippen LogP contribution in [0.15, 0.2) is 12.1 Å². The number of aryl methyl sites for hydroxylation is 1. The lowest BCUT2D eigenvalue weighted by atomic mass is 9.76. The van der Waals surface area contributed by atoms with E-state index in [2.05, 4.69) is 0 Å². The molecule has 2 rings (SSSR count). The number of hydrogen-bond donors (Lipinski definition) is 1. The van der Waals surface area contributed by atoms with Gasteiger partial charge in [-0.25, -0.2) is 4.79 Å². The second-order valence-electron chi connectivity index (χ2n) is 5.74. The second kappa shape index (κ2) is 4.96. The van der Waals surface area contributed by atoms with Crippen molar-refractivity contribution in [2.45, 2.75) is 39.7 Å². The molecule has 0 spiro atoms. The molecule has 5 heteroatoms. The van der Waals surface area contributed by atoms with E-state index in [0.717, 1.165) is 17.7 Å². The number of carbonyl (C=O) groups excluding carboxylic acids is 1. The van der Waals surface area contributed by atoms with Crippen LogP contribution >= 0.6 is 11.3 Å². The third-order valence-corrected chi connectivity index (χ3v) is 4.71. The highest BCUT2D eigenvalue weighted by molar-refractivity contribution is 7.13. The molecule has 1 atom stereocenters. The Morgan fingerprint density at radius 1 is 1.42 bits per heavy atom. The highest BCUT2D eigenvalue weighted by Gasteiger charge is 2.44. The SMILES string of the molecule is Cc1ccc(C(=O)N2CCCC(C)(C)C2C(=O)O)s1.